The summed E-state index contributed by atoms with van der Waals surface area (Å²) in [7, 11) is 2.02. The van der Waals surface area contributed by atoms with Crippen LogP contribution in [0, 0.1) is 62.8 Å². The highest BCUT2D eigenvalue weighted by atomic mass is 19.2. The van der Waals surface area contributed by atoms with E-state index in [2.05, 4.69) is 28.7 Å². The van der Waals surface area contributed by atoms with E-state index >= 15 is 0 Å². The standard InChI is InChI=1S/C9BF5N3O.C6H11N2/c11-4-5(12)7(14)9(8(15)6(4)13)19-10(1-16,2-17)3-18;1-3-8-5-4-7(2)6-8/h;4-6H,3H2,1-2H3/q-1;+1. The highest BCUT2D eigenvalue weighted by molar-refractivity contribution is 6.94. The van der Waals surface area contributed by atoms with Gasteiger partial charge in [-0.05, 0) is 6.92 Å². The third-order valence-corrected chi connectivity index (χ3v) is 3.20. The Labute approximate surface area is 150 Å². The molecule has 6 nitrogen and oxygen atoms in total. The average Bonchev–Trinajstić information content (AvgIpc) is 3.12. The molecule has 0 amide bonds. The quantitative estimate of drug-likeness (QED) is 0.267. The van der Waals surface area contributed by atoms with Crippen molar-refractivity contribution in [2.24, 2.45) is 7.05 Å². The molecule has 140 valence electrons. The number of benzene rings is 1. The van der Waals surface area contributed by atoms with Crippen molar-refractivity contribution in [3.05, 3.63) is 47.8 Å². The lowest BCUT2D eigenvalue weighted by Gasteiger charge is -2.23. The number of halogens is 5. The molecule has 0 atom stereocenters. The molecule has 1 heterocycles. The number of nitrogens with zero attached hydrogens (tertiary/aromatic N) is 5. The fourth-order valence-corrected chi connectivity index (χ4v) is 1.72. The van der Waals surface area contributed by atoms with Gasteiger partial charge in [-0.25, -0.2) is 38.1 Å². The number of aryl methyl sites for hydroxylation is 2. The van der Waals surface area contributed by atoms with E-state index in [0.717, 1.165) is 24.5 Å². The van der Waals surface area contributed by atoms with E-state index in [0.29, 0.717) is 0 Å². The number of imidazole rings is 1. The van der Waals surface area contributed by atoms with Crippen molar-refractivity contribution in [3.63, 3.8) is 0 Å². The van der Waals surface area contributed by atoms with Crippen LogP contribution in [-0.2, 0) is 13.6 Å². The number of nitriles is 3. The van der Waals surface area contributed by atoms with Gasteiger partial charge in [0.25, 0.3) is 0 Å². The first-order chi connectivity index (χ1) is 12.7. The van der Waals surface area contributed by atoms with E-state index in [1.54, 1.807) is 0 Å². The fraction of sp³-hybridized carbons (Fsp3) is 0.200. The Bertz CT molecular complexity index is 908. The average molecular weight is 383 g/mol. The summed E-state index contributed by atoms with van der Waals surface area (Å²) in [5.41, 5.74) is 0. The van der Waals surface area contributed by atoms with Crippen molar-refractivity contribution >= 4 is 6.35 Å². The zero-order valence-corrected chi connectivity index (χ0v) is 14.1. The molecule has 0 spiro atoms. The van der Waals surface area contributed by atoms with Gasteiger partial charge in [0.05, 0.1) is 13.6 Å². The molecule has 0 bridgehead atoms. The minimum absolute atomic E-state index is 1.02. The van der Waals surface area contributed by atoms with Crippen LogP contribution >= 0.6 is 0 Å². The second-order valence-electron chi connectivity index (χ2n) is 5.10. The first kappa shape index (κ1) is 21.5. The third kappa shape index (κ3) is 4.53. The minimum atomic E-state index is -3.74. The van der Waals surface area contributed by atoms with Gasteiger partial charge < -0.3 is 4.65 Å². The molecule has 0 unspecified atom stereocenters. The van der Waals surface area contributed by atoms with Crippen LogP contribution in [0.4, 0.5) is 22.0 Å². The van der Waals surface area contributed by atoms with Crippen LogP contribution in [0.2, 0.25) is 0 Å². The van der Waals surface area contributed by atoms with Crippen LogP contribution in [0.1, 0.15) is 6.92 Å². The molecule has 27 heavy (non-hydrogen) atoms. The molecule has 0 saturated carbocycles. The van der Waals surface area contributed by atoms with Gasteiger partial charge in [0.15, 0.2) is 0 Å². The predicted octanol–water partition coefficient (Wildman–Crippen LogP) is 2.23. The summed E-state index contributed by atoms with van der Waals surface area (Å²) in [5.74, 6) is -10.6. The second kappa shape index (κ2) is 8.68. The Hall–Kier alpha value is -3.59. The van der Waals surface area contributed by atoms with Gasteiger partial charge in [-0.3, -0.25) is 0 Å². The monoisotopic (exact) mass is 383 g/mol. The zero-order valence-electron chi connectivity index (χ0n) is 14.1. The van der Waals surface area contributed by atoms with Gasteiger partial charge in [0.1, 0.15) is 18.1 Å². The molecule has 2 aromatic rings. The maximum Gasteiger partial charge on any atom is 0.456 e. The molecule has 0 aliphatic heterocycles. The smallest absolute Gasteiger partial charge is 0.456 e. The Morgan fingerprint density at radius 2 is 1.41 bits per heavy atom. The highest BCUT2D eigenvalue weighted by Gasteiger charge is 2.33. The van der Waals surface area contributed by atoms with E-state index in [-0.39, 0.29) is 0 Å². The Kier molecular flexibility index (Phi) is 6.90. The number of aromatic nitrogens is 2. The lowest BCUT2D eigenvalue weighted by molar-refractivity contribution is -0.671. The molecule has 0 N–H and O–H groups in total. The van der Waals surface area contributed by atoms with Crippen LogP contribution in [0.25, 0.3) is 0 Å². The number of hydrogen-bond acceptors (Lipinski definition) is 4. The molecule has 0 saturated heterocycles. The van der Waals surface area contributed by atoms with Crippen molar-refractivity contribution in [1.29, 1.82) is 15.8 Å². The summed E-state index contributed by atoms with van der Waals surface area (Å²) in [4.78, 5) is 0. The summed E-state index contributed by atoms with van der Waals surface area (Å²) in [5, 5.41) is 25.5. The number of rotatable bonds is 3. The van der Waals surface area contributed by atoms with Crippen LogP contribution in [0.3, 0.4) is 0 Å². The SMILES string of the molecule is CCn1cc[n+](C)c1.N#C[B-](C#N)(C#N)Oc1c(F)c(F)c(F)c(F)c1F. The second-order valence-corrected chi connectivity index (χ2v) is 5.10. The highest BCUT2D eigenvalue weighted by Crippen LogP contribution is 2.30. The maximum absolute atomic E-state index is 13.2. The van der Waals surface area contributed by atoms with E-state index < -0.39 is 41.2 Å². The van der Waals surface area contributed by atoms with Gasteiger partial charge in [-0.15, -0.1) is 0 Å². The van der Waals surface area contributed by atoms with Gasteiger partial charge in [-0.2, -0.15) is 8.78 Å². The Balaban J connectivity index is 0.000000377. The fourth-order valence-electron chi connectivity index (χ4n) is 1.72. The summed E-state index contributed by atoms with van der Waals surface area (Å²) in [6.07, 6.45) is 2.40. The molecule has 0 aliphatic carbocycles. The van der Waals surface area contributed by atoms with Crippen LogP contribution < -0.4 is 9.22 Å². The normalized spacial score (nSPS) is 10.1. The molecule has 2 rings (SSSR count). The Morgan fingerprint density at radius 3 is 1.70 bits per heavy atom. The zero-order chi connectivity index (χ0) is 20.8. The molecule has 0 radical (unpaired) electrons. The van der Waals surface area contributed by atoms with Crippen molar-refractivity contribution in [1.82, 2.24) is 4.57 Å². The van der Waals surface area contributed by atoms with Crippen molar-refractivity contribution in [2.45, 2.75) is 13.5 Å². The molecular formula is C15H11BF5N5O. The van der Waals surface area contributed by atoms with Gasteiger partial charge in [-0.1, -0.05) is 17.9 Å². The van der Waals surface area contributed by atoms with E-state index in [1.807, 2.05) is 17.8 Å². The largest absolute Gasteiger partial charge is 0.678 e. The third-order valence-electron chi connectivity index (χ3n) is 3.20. The van der Waals surface area contributed by atoms with E-state index in [9.17, 15) is 22.0 Å². The van der Waals surface area contributed by atoms with Gasteiger partial charge in [0.2, 0.25) is 35.4 Å². The summed E-state index contributed by atoms with van der Waals surface area (Å²) in [6.45, 7) is 3.18. The van der Waals surface area contributed by atoms with E-state index in [1.165, 1.54) is 0 Å². The predicted molar refractivity (Wildman–Crippen MR) is 80.7 cm³/mol. The maximum atomic E-state index is 13.2. The Morgan fingerprint density at radius 1 is 0.963 bits per heavy atom. The first-order valence-corrected chi connectivity index (χ1v) is 7.26. The van der Waals surface area contributed by atoms with E-state index in [4.69, 9.17) is 15.8 Å². The summed E-state index contributed by atoms with van der Waals surface area (Å²) in [6, 6.07) is 0. The van der Waals surface area contributed by atoms with Crippen molar-refractivity contribution < 1.29 is 31.2 Å². The molecular weight excluding hydrogens is 372 g/mol. The minimum Gasteiger partial charge on any atom is -0.678 e. The summed E-state index contributed by atoms with van der Waals surface area (Å²) >= 11 is 0. The molecule has 0 fully saturated rings. The molecule has 12 heteroatoms. The van der Waals surface area contributed by atoms with Crippen LogP contribution in [0.5, 0.6) is 5.75 Å². The van der Waals surface area contributed by atoms with Gasteiger partial charge in [0, 0.05) is 0 Å². The lowest BCUT2D eigenvalue weighted by atomic mass is 9.44. The van der Waals surface area contributed by atoms with Gasteiger partial charge >= 0.3 is 6.35 Å². The summed E-state index contributed by atoms with van der Waals surface area (Å²) < 4.78 is 72.9. The molecule has 0 aliphatic rings. The molecule has 1 aromatic carbocycles. The van der Waals surface area contributed by atoms with Crippen LogP contribution in [-0.4, -0.2) is 10.9 Å². The van der Waals surface area contributed by atoms with Crippen molar-refractivity contribution in [2.75, 3.05) is 0 Å². The lowest BCUT2D eigenvalue weighted by Crippen LogP contribution is -2.39. The topological polar surface area (TPSA) is 89.4 Å². The first-order valence-electron chi connectivity index (χ1n) is 7.26. The molecule has 1 aromatic heterocycles. The van der Waals surface area contributed by atoms with Crippen molar-refractivity contribution in [3.8, 4) is 23.7 Å². The van der Waals surface area contributed by atoms with Crippen LogP contribution in [0.15, 0.2) is 18.7 Å². The number of hydrogen-bond donors (Lipinski definition) is 0.